The Morgan fingerprint density at radius 1 is 0.846 bits per heavy atom. The molecule has 0 aliphatic carbocycles. The number of pyridine rings is 1. The van der Waals surface area contributed by atoms with Gasteiger partial charge in [0.05, 0.1) is 11.2 Å². The summed E-state index contributed by atoms with van der Waals surface area (Å²) in [7, 11) is 0. The van der Waals surface area contributed by atoms with E-state index in [9.17, 15) is 0 Å². The van der Waals surface area contributed by atoms with E-state index >= 15 is 0 Å². The fourth-order valence-corrected chi connectivity index (χ4v) is 2.85. The van der Waals surface area contributed by atoms with E-state index in [0.29, 0.717) is 16.8 Å². The second-order valence-corrected chi connectivity index (χ2v) is 6.29. The van der Waals surface area contributed by atoms with Crippen LogP contribution in [0, 0.1) is 6.92 Å². The van der Waals surface area contributed by atoms with E-state index in [2.05, 4.69) is 25.6 Å². The predicted molar refractivity (Wildman–Crippen MR) is 107 cm³/mol. The molecule has 6 heteroatoms. The molecular weight excluding hydrogens is 346 g/mol. The molecule has 0 radical (unpaired) electrons. The van der Waals surface area contributed by atoms with E-state index in [4.69, 9.17) is 11.6 Å². The van der Waals surface area contributed by atoms with Crippen LogP contribution in [0.2, 0.25) is 5.02 Å². The number of hydrogen-bond donors (Lipinski definition) is 2. The fraction of sp³-hybridized carbons (Fsp3) is 0.0500. The Balaban J connectivity index is 1.62. The maximum Gasteiger partial charge on any atom is 0.229 e. The first-order valence-electron chi connectivity index (χ1n) is 8.16. The number of aryl methyl sites for hydroxylation is 1. The zero-order valence-electron chi connectivity index (χ0n) is 14.1. The van der Waals surface area contributed by atoms with E-state index in [1.807, 2.05) is 61.5 Å². The van der Waals surface area contributed by atoms with Gasteiger partial charge < -0.3 is 10.6 Å². The molecule has 2 N–H and O–H groups in total. The van der Waals surface area contributed by atoms with Gasteiger partial charge in [-0.25, -0.2) is 4.98 Å². The van der Waals surface area contributed by atoms with Gasteiger partial charge in [0, 0.05) is 28.5 Å². The first kappa shape index (κ1) is 16.3. The topological polar surface area (TPSA) is 62.7 Å². The van der Waals surface area contributed by atoms with E-state index in [1.54, 1.807) is 12.4 Å². The highest BCUT2D eigenvalue weighted by Crippen LogP contribution is 2.25. The lowest BCUT2D eigenvalue weighted by atomic mass is 10.2. The number of aromatic nitrogens is 3. The predicted octanol–water partition coefficient (Wildman–Crippen LogP) is 5.47. The van der Waals surface area contributed by atoms with Gasteiger partial charge in [-0.1, -0.05) is 35.9 Å². The molecule has 128 valence electrons. The number of benzene rings is 2. The molecule has 0 amide bonds. The van der Waals surface area contributed by atoms with Crippen LogP contribution in [0.25, 0.3) is 10.9 Å². The molecule has 0 aliphatic rings. The minimum absolute atomic E-state index is 0.494. The highest BCUT2D eigenvalue weighted by Gasteiger charge is 2.06. The molecule has 4 rings (SSSR count). The molecule has 5 nitrogen and oxygen atoms in total. The van der Waals surface area contributed by atoms with Crippen molar-refractivity contribution in [2.24, 2.45) is 0 Å². The Morgan fingerprint density at radius 2 is 1.73 bits per heavy atom. The quantitative estimate of drug-likeness (QED) is 0.504. The number of hydrogen-bond acceptors (Lipinski definition) is 5. The molecular formula is C20H16ClN5. The van der Waals surface area contributed by atoms with Gasteiger partial charge >= 0.3 is 0 Å². The van der Waals surface area contributed by atoms with Crippen molar-refractivity contribution in [1.29, 1.82) is 0 Å². The summed E-state index contributed by atoms with van der Waals surface area (Å²) in [4.78, 5) is 13.3. The van der Waals surface area contributed by atoms with Crippen LogP contribution in [-0.4, -0.2) is 15.0 Å². The number of nitrogens with zero attached hydrogens (tertiary/aromatic N) is 3. The second kappa shape index (κ2) is 6.98. The number of halogens is 1. The van der Waals surface area contributed by atoms with E-state index < -0.39 is 0 Å². The SMILES string of the molecule is Cc1ccc(Cl)cc1Nc1nccc(Nc2cccc3cccnc23)n1. The van der Waals surface area contributed by atoms with Crippen molar-refractivity contribution < 1.29 is 0 Å². The molecule has 0 bridgehead atoms. The minimum Gasteiger partial charge on any atom is -0.338 e. The van der Waals surface area contributed by atoms with Crippen LogP contribution in [0.4, 0.5) is 23.1 Å². The van der Waals surface area contributed by atoms with Crippen molar-refractivity contribution in [1.82, 2.24) is 15.0 Å². The molecule has 26 heavy (non-hydrogen) atoms. The lowest BCUT2D eigenvalue weighted by Gasteiger charge is -2.11. The molecule has 0 unspecified atom stereocenters. The fourth-order valence-electron chi connectivity index (χ4n) is 2.68. The van der Waals surface area contributed by atoms with Gasteiger partial charge in [0.15, 0.2) is 0 Å². The number of para-hydroxylation sites is 1. The van der Waals surface area contributed by atoms with Crippen molar-refractivity contribution in [3.8, 4) is 0 Å². The number of nitrogens with one attached hydrogen (secondary N) is 2. The van der Waals surface area contributed by atoms with Crippen LogP contribution in [0.1, 0.15) is 5.56 Å². The summed E-state index contributed by atoms with van der Waals surface area (Å²) in [5.41, 5.74) is 3.73. The van der Waals surface area contributed by atoms with Crippen LogP contribution < -0.4 is 10.6 Å². The highest BCUT2D eigenvalue weighted by atomic mass is 35.5. The average molecular weight is 362 g/mol. The standard InChI is InChI=1S/C20H16ClN5/c1-13-7-8-15(21)12-17(13)25-20-23-11-9-18(26-20)24-16-6-2-4-14-5-3-10-22-19(14)16/h2-12H,1H3,(H2,23,24,25,26). The summed E-state index contributed by atoms with van der Waals surface area (Å²) in [5, 5.41) is 8.26. The maximum absolute atomic E-state index is 6.08. The van der Waals surface area contributed by atoms with E-state index in [1.165, 1.54) is 0 Å². The number of fused-ring (bicyclic) bond motifs is 1. The lowest BCUT2D eigenvalue weighted by molar-refractivity contribution is 1.16. The molecule has 0 atom stereocenters. The number of anilines is 4. The smallest absolute Gasteiger partial charge is 0.229 e. The maximum atomic E-state index is 6.08. The summed E-state index contributed by atoms with van der Waals surface area (Å²) >= 11 is 6.08. The molecule has 0 spiro atoms. The first-order valence-corrected chi connectivity index (χ1v) is 8.54. The van der Waals surface area contributed by atoms with Gasteiger partial charge in [-0.2, -0.15) is 4.98 Å². The summed E-state index contributed by atoms with van der Waals surface area (Å²) in [6.45, 7) is 2.00. The van der Waals surface area contributed by atoms with Crippen molar-refractivity contribution >= 4 is 45.6 Å². The van der Waals surface area contributed by atoms with Crippen LogP contribution in [0.5, 0.6) is 0 Å². The highest BCUT2D eigenvalue weighted by molar-refractivity contribution is 6.30. The van der Waals surface area contributed by atoms with Crippen LogP contribution in [0.3, 0.4) is 0 Å². The van der Waals surface area contributed by atoms with Crippen molar-refractivity contribution in [3.63, 3.8) is 0 Å². The summed E-state index contributed by atoms with van der Waals surface area (Å²) < 4.78 is 0. The monoisotopic (exact) mass is 361 g/mol. The molecule has 4 aromatic rings. The minimum atomic E-state index is 0.494. The molecule has 0 fully saturated rings. The molecule has 2 aromatic heterocycles. The lowest BCUT2D eigenvalue weighted by Crippen LogP contribution is -2.02. The van der Waals surface area contributed by atoms with Gasteiger partial charge in [-0.15, -0.1) is 0 Å². The van der Waals surface area contributed by atoms with Crippen molar-refractivity contribution in [3.05, 3.63) is 77.6 Å². The van der Waals surface area contributed by atoms with Crippen LogP contribution in [-0.2, 0) is 0 Å². The Labute approximate surface area is 156 Å². The van der Waals surface area contributed by atoms with Gasteiger partial charge in [0.25, 0.3) is 0 Å². The zero-order chi connectivity index (χ0) is 17.9. The Bertz CT molecular complexity index is 1080. The van der Waals surface area contributed by atoms with Gasteiger partial charge in [-0.05, 0) is 42.8 Å². The third kappa shape index (κ3) is 3.43. The van der Waals surface area contributed by atoms with Gasteiger partial charge in [0.2, 0.25) is 5.95 Å². The summed E-state index contributed by atoms with van der Waals surface area (Å²) in [6, 6.07) is 17.4. The van der Waals surface area contributed by atoms with Gasteiger partial charge in [-0.3, -0.25) is 4.98 Å². The van der Waals surface area contributed by atoms with Gasteiger partial charge in [0.1, 0.15) is 5.82 Å². The van der Waals surface area contributed by atoms with Crippen molar-refractivity contribution in [2.45, 2.75) is 6.92 Å². The van der Waals surface area contributed by atoms with E-state index in [0.717, 1.165) is 27.8 Å². The second-order valence-electron chi connectivity index (χ2n) is 5.86. The molecule has 2 aromatic carbocycles. The third-order valence-electron chi connectivity index (χ3n) is 4.00. The summed E-state index contributed by atoms with van der Waals surface area (Å²) in [6.07, 6.45) is 3.48. The van der Waals surface area contributed by atoms with E-state index in [-0.39, 0.29) is 0 Å². The average Bonchev–Trinajstić information content (AvgIpc) is 2.65. The Kier molecular flexibility index (Phi) is 4.37. The third-order valence-corrected chi connectivity index (χ3v) is 4.23. The summed E-state index contributed by atoms with van der Waals surface area (Å²) in [5.74, 6) is 1.17. The normalized spacial score (nSPS) is 10.7. The Morgan fingerprint density at radius 3 is 2.65 bits per heavy atom. The molecule has 0 aliphatic heterocycles. The van der Waals surface area contributed by atoms with Crippen LogP contribution >= 0.6 is 11.6 Å². The molecule has 0 saturated carbocycles. The number of rotatable bonds is 4. The molecule has 2 heterocycles. The first-order chi connectivity index (χ1) is 12.7. The van der Waals surface area contributed by atoms with Crippen molar-refractivity contribution in [2.75, 3.05) is 10.6 Å². The van der Waals surface area contributed by atoms with Crippen LogP contribution in [0.15, 0.2) is 67.0 Å². The Hall–Kier alpha value is -3.18. The zero-order valence-corrected chi connectivity index (χ0v) is 14.8. The largest absolute Gasteiger partial charge is 0.338 e. The molecule has 0 saturated heterocycles.